The van der Waals surface area contributed by atoms with Gasteiger partial charge in [-0.05, 0) is 37.0 Å². The van der Waals surface area contributed by atoms with E-state index < -0.39 is 0 Å². The van der Waals surface area contributed by atoms with E-state index in [1.54, 1.807) is 6.07 Å². The fourth-order valence-electron chi connectivity index (χ4n) is 1.39. The van der Waals surface area contributed by atoms with Crippen LogP contribution in [0.3, 0.4) is 0 Å². The minimum Gasteiger partial charge on any atom is -0.494 e. The molecule has 0 aromatic heterocycles. The predicted molar refractivity (Wildman–Crippen MR) is 61.2 cm³/mol. The van der Waals surface area contributed by atoms with E-state index in [1.807, 2.05) is 13.0 Å². The molecule has 0 aliphatic rings. The highest BCUT2D eigenvalue weighted by Crippen LogP contribution is 2.19. The predicted octanol–water partition coefficient (Wildman–Crippen LogP) is 3.78. The molecule has 0 radical (unpaired) electrons. The number of ether oxygens (including phenoxy) is 1. The van der Waals surface area contributed by atoms with Gasteiger partial charge in [-0.3, -0.25) is 0 Å². The third-order valence-electron chi connectivity index (χ3n) is 2.41. The average molecular weight is 231 g/mol. The first-order valence-electron chi connectivity index (χ1n) is 5.13. The molecule has 0 N–H and O–H groups in total. The maximum Gasteiger partial charge on any atom is 0.165 e. The molecule has 0 spiro atoms. The SMILES string of the molecule is CCC(Cl)CCc1ccc(OC)c(F)c1. The minimum atomic E-state index is -0.308. The number of methoxy groups -OCH3 is 1. The van der Waals surface area contributed by atoms with Gasteiger partial charge in [0.1, 0.15) is 0 Å². The number of aryl methyl sites for hydroxylation is 1. The number of benzene rings is 1. The molecule has 1 nitrogen and oxygen atoms in total. The topological polar surface area (TPSA) is 9.23 Å². The summed E-state index contributed by atoms with van der Waals surface area (Å²) >= 11 is 6.00. The zero-order valence-corrected chi connectivity index (χ0v) is 9.85. The van der Waals surface area contributed by atoms with Gasteiger partial charge in [-0.25, -0.2) is 4.39 Å². The maximum absolute atomic E-state index is 13.3. The van der Waals surface area contributed by atoms with Crippen LogP contribution in [-0.2, 0) is 6.42 Å². The van der Waals surface area contributed by atoms with Crippen molar-refractivity contribution < 1.29 is 9.13 Å². The standard InChI is InChI=1S/C12H16ClFO/c1-3-10(13)6-4-9-5-7-12(15-2)11(14)8-9/h5,7-8,10H,3-4,6H2,1-2H3. The molecule has 0 fully saturated rings. The summed E-state index contributed by atoms with van der Waals surface area (Å²) in [7, 11) is 1.46. The second-order valence-electron chi connectivity index (χ2n) is 3.51. The van der Waals surface area contributed by atoms with Crippen molar-refractivity contribution in [3.63, 3.8) is 0 Å². The summed E-state index contributed by atoms with van der Waals surface area (Å²) in [6.45, 7) is 2.05. The van der Waals surface area contributed by atoms with E-state index in [0.29, 0.717) is 0 Å². The molecule has 1 unspecified atom stereocenters. The monoisotopic (exact) mass is 230 g/mol. The van der Waals surface area contributed by atoms with Gasteiger partial charge in [-0.15, -0.1) is 11.6 Å². The fraction of sp³-hybridized carbons (Fsp3) is 0.500. The molecular formula is C12H16ClFO. The number of alkyl halides is 1. The first-order valence-corrected chi connectivity index (χ1v) is 5.57. The average Bonchev–Trinajstić information content (AvgIpc) is 2.26. The van der Waals surface area contributed by atoms with E-state index in [2.05, 4.69) is 0 Å². The number of rotatable bonds is 5. The van der Waals surface area contributed by atoms with E-state index >= 15 is 0 Å². The van der Waals surface area contributed by atoms with Crippen molar-refractivity contribution in [1.29, 1.82) is 0 Å². The highest BCUT2D eigenvalue weighted by molar-refractivity contribution is 6.20. The van der Waals surface area contributed by atoms with Gasteiger partial charge >= 0.3 is 0 Å². The van der Waals surface area contributed by atoms with Gasteiger partial charge in [0.25, 0.3) is 0 Å². The van der Waals surface area contributed by atoms with Crippen molar-refractivity contribution in [2.45, 2.75) is 31.6 Å². The molecule has 0 amide bonds. The van der Waals surface area contributed by atoms with Gasteiger partial charge < -0.3 is 4.74 Å². The smallest absolute Gasteiger partial charge is 0.165 e. The van der Waals surface area contributed by atoms with Gasteiger partial charge in [-0.1, -0.05) is 13.0 Å². The van der Waals surface area contributed by atoms with Crippen LogP contribution < -0.4 is 4.74 Å². The number of halogens is 2. The van der Waals surface area contributed by atoms with E-state index in [-0.39, 0.29) is 16.9 Å². The van der Waals surface area contributed by atoms with Gasteiger partial charge in [0.15, 0.2) is 11.6 Å². The molecule has 0 bridgehead atoms. The Balaban J connectivity index is 2.59. The molecule has 0 heterocycles. The molecular weight excluding hydrogens is 215 g/mol. The summed E-state index contributed by atoms with van der Waals surface area (Å²) in [5.41, 5.74) is 0.965. The van der Waals surface area contributed by atoms with E-state index in [0.717, 1.165) is 24.8 Å². The molecule has 15 heavy (non-hydrogen) atoms. The minimum absolute atomic E-state index is 0.176. The van der Waals surface area contributed by atoms with Crippen LogP contribution in [-0.4, -0.2) is 12.5 Å². The second-order valence-corrected chi connectivity index (χ2v) is 4.13. The van der Waals surface area contributed by atoms with Crippen LogP contribution in [0.4, 0.5) is 4.39 Å². The quantitative estimate of drug-likeness (QED) is 0.700. The van der Waals surface area contributed by atoms with Crippen LogP contribution in [0, 0.1) is 5.82 Å². The van der Waals surface area contributed by atoms with E-state index in [9.17, 15) is 4.39 Å². The molecule has 1 atom stereocenters. The third-order valence-corrected chi connectivity index (χ3v) is 2.93. The van der Waals surface area contributed by atoms with Crippen molar-refractivity contribution in [1.82, 2.24) is 0 Å². The lowest BCUT2D eigenvalue weighted by Crippen LogP contribution is -1.99. The van der Waals surface area contributed by atoms with Crippen LogP contribution in [0.2, 0.25) is 0 Å². The molecule has 84 valence electrons. The largest absolute Gasteiger partial charge is 0.494 e. The first-order chi connectivity index (χ1) is 7.17. The van der Waals surface area contributed by atoms with E-state index in [1.165, 1.54) is 13.2 Å². The summed E-state index contributed by atoms with van der Waals surface area (Å²) in [5.74, 6) is -0.0192. The summed E-state index contributed by atoms with van der Waals surface area (Å²) in [6, 6.07) is 5.04. The van der Waals surface area contributed by atoms with Gasteiger partial charge in [-0.2, -0.15) is 0 Å². The summed E-state index contributed by atoms with van der Waals surface area (Å²) < 4.78 is 18.1. The Kier molecular flexibility index (Phi) is 4.89. The molecule has 3 heteroatoms. The summed E-state index contributed by atoms with van der Waals surface area (Å²) in [5, 5.41) is 0.176. The fourth-order valence-corrected chi connectivity index (χ4v) is 1.50. The van der Waals surface area contributed by atoms with Crippen LogP contribution in [0.15, 0.2) is 18.2 Å². The van der Waals surface area contributed by atoms with Crippen LogP contribution in [0.1, 0.15) is 25.3 Å². The van der Waals surface area contributed by atoms with Gasteiger partial charge in [0.05, 0.1) is 7.11 Å². The molecule has 1 aromatic rings. The maximum atomic E-state index is 13.3. The Bertz CT molecular complexity index is 314. The Morgan fingerprint density at radius 1 is 1.47 bits per heavy atom. The van der Waals surface area contributed by atoms with Crippen molar-refractivity contribution in [3.8, 4) is 5.75 Å². The number of hydrogen-bond acceptors (Lipinski definition) is 1. The normalized spacial score (nSPS) is 12.5. The molecule has 0 saturated carbocycles. The summed E-state index contributed by atoms with van der Waals surface area (Å²) in [4.78, 5) is 0. The highest BCUT2D eigenvalue weighted by atomic mass is 35.5. The third kappa shape index (κ3) is 3.71. The van der Waals surface area contributed by atoms with Crippen molar-refractivity contribution >= 4 is 11.6 Å². The second kappa shape index (κ2) is 5.96. The van der Waals surface area contributed by atoms with Crippen molar-refractivity contribution in [3.05, 3.63) is 29.6 Å². The Morgan fingerprint density at radius 3 is 2.73 bits per heavy atom. The molecule has 1 rings (SSSR count). The van der Waals surface area contributed by atoms with Gasteiger partial charge in [0, 0.05) is 5.38 Å². The molecule has 0 saturated heterocycles. The van der Waals surface area contributed by atoms with Crippen molar-refractivity contribution in [2.75, 3.05) is 7.11 Å². The number of hydrogen-bond donors (Lipinski definition) is 0. The van der Waals surface area contributed by atoms with E-state index in [4.69, 9.17) is 16.3 Å². The van der Waals surface area contributed by atoms with Crippen LogP contribution >= 0.6 is 11.6 Å². The van der Waals surface area contributed by atoms with Crippen molar-refractivity contribution in [2.24, 2.45) is 0 Å². The lowest BCUT2D eigenvalue weighted by atomic mass is 10.1. The van der Waals surface area contributed by atoms with Crippen LogP contribution in [0.25, 0.3) is 0 Å². The lowest BCUT2D eigenvalue weighted by molar-refractivity contribution is 0.386. The Morgan fingerprint density at radius 2 is 2.20 bits per heavy atom. The molecule has 0 aliphatic carbocycles. The summed E-state index contributed by atoms with van der Waals surface area (Å²) in [6.07, 6.45) is 2.63. The first kappa shape index (κ1) is 12.3. The molecule has 0 aliphatic heterocycles. The van der Waals surface area contributed by atoms with Gasteiger partial charge in [0.2, 0.25) is 0 Å². The lowest BCUT2D eigenvalue weighted by Gasteiger charge is -2.07. The Labute approximate surface area is 95.2 Å². The highest BCUT2D eigenvalue weighted by Gasteiger charge is 2.05. The Hall–Kier alpha value is -0.760. The zero-order chi connectivity index (χ0) is 11.3. The molecule has 1 aromatic carbocycles. The zero-order valence-electron chi connectivity index (χ0n) is 9.09. The van der Waals surface area contributed by atoms with Crippen LogP contribution in [0.5, 0.6) is 5.75 Å².